The maximum absolute atomic E-state index is 13.1. The van der Waals surface area contributed by atoms with Gasteiger partial charge in [-0.3, -0.25) is 14.9 Å². The highest BCUT2D eigenvalue weighted by molar-refractivity contribution is 5.91. The van der Waals surface area contributed by atoms with Gasteiger partial charge in [-0.25, -0.2) is 9.97 Å². The van der Waals surface area contributed by atoms with Crippen LogP contribution in [0.4, 0.5) is 5.82 Å². The second kappa shape index (κ2) is 9.30. The maximum atomic E-state index is 13.1. The highest BCUT2D eigenvalue weighted by Gasteiger charge is 2.45. The van der Waals surface area contributed by atoms with E-state index >= 15 is 0 Å². The first kappa shape index (κ1) is 23.5. The number of hydrogen-bond donors (Lipinski definition) is 2. The third kappa shape index (κ3) is 3.86. The summed E-state index contributed by atoms with van der Waals surface area (Å²) in [6.45, 7) is 2.11. The summed E-state index contributed by atoms with van der Waals surface area (Å²) in [5, 5.41) is 11.2. The summed E-state index contributed by atoms with van der Waals surface area (Å²) < 4.78 is 1.75. The number of H-pyrrole nitrogens is 1. The van der Waals surface area contributed by atoms with E-state index in [4.69, 9.17) is 15.7 Å². The number of pyridine rings is 1. The number of nitrogen functional groups attached to an aromatic ring is 1. The van der Waals surface area contributed by atoms with Crippen LogP contribution in [0.3, 0.4) is 0 Å². The molecular formula is C29H29N9O. The van der Waals surface area contributed by atoms with Crippen molar-refractivity contribution < 1.29 is 4.79 Å². The molecule has 0 saturated carbocycles. The number of fused-ring (bicyclic) bond motifs is 3. The van der Waals surface area contributed by atoms with Gasteiger partial charge in [0.05, 0.1) is 17.6 Å². The quantitative estimate of drug-likeness (QED) is 0.354. The predicted octanol–water partition coefficient (Wildman–Crippen LogP) is 4.27. The molecule has 4 aromatic heterocycles. The average Bonchev–Trinajstić information content (AvgIpc) is 3.72. The molecule has 10 nitrogen and oxygen atoms in total. The minimum atomic E-state index is -0.0679. The second-order valence-electron chi connectivity index (χ2n) is 10.4. The number of aromatic amines is 1. The summed E-state index contributed by atoms with van der Waals surface area (Å²) in [5.74, 6) is 1.08. The zero-order chi connectivity index (χ0) is 26.5. The molecule has 10 heteroatoms. The Morgan fingerprint density at radius 3 is 2.49 bits per heavy atom. The minimum absolute atomic E-state index is 0.0679. The van der Waals surface area contributed by atoms with Gasteiger partial charge >= 0.3 is 0 Å². The standard InChI is InChI=1S/C29H29N9O/c1-2-22-25(19-12-20-9-10-21(13-19)37(20)29(39)27-32-16-33-36-27)35-28-23(15-34-38(28)26(22)30)18-8-11-24(31-14-18)17-6-4-3-5-7-17/h3-8,11,14-16,19-21H,2,9-10,12-13,30H2,1H3,(H,32,33,36)/t19?,20-,21+. The van der Waals surface area contributed by atoms with Gasteiger partial charge in [0.2, 0.25) is 5.82 Å². The first-order valence-corrected chi connectivity index (χ1v) is 13.5. The zero-order valence-corrected chi connectivity index (χ0v) is 21.7. The Morgan fingerprint density at radius 2 is 1.82 bits per heavy atom. The van der Waals surface area contributed by atoms with Gasteiger partial charge in [0.15, 0.2) is 5.65 Å². The van der Waals surface area contributed by atoms with Gasteiger partial charge < -0.3 is 10.6 Å². The van der Waals surface area contributed by atoms with Gasteiger partial charge in [0, 0.05) is 46.5 Å². The van der Waals surface area contributed by atoms with Crippen molar-refractivity contribution in [3.63, 3.8) is 0 Å². The largest absolute Gasteiger partial charge is 0.383 e. The molecule has 6 heterocycles. The smallest absolute Gasteiger partial charge is 0.291 e. The van der Waals surface area contributed by atoms with Gasteiger partial charge in [-0.1, -0.05) is 43.3 Å². The first-order valence-electron chi connectivity index (χ1n) is 13.5. The van der Waals surface area contributed by atoms with E-state index in [-0.39, 0.29) is 23.9 Å². The molecule has 5 aromatic rings. The molecule has 2 aliphatic heterocycles. The van der Waals surface area contributed by atoms with E-state index in [0.29, 0.717) is 11.6 Å². The molecule has 2 fully saturated rings. The number of carbonyl (C=O) groups excluding carboxylic acids is 1. The Labute approximate surface area is 225 Å². The highest BCUT2D eigenvalue weighted by atomic mass is 16.2. The van der Waals surface area contributed by atoms with E-state index in [1.807, 2.05) is 41.6 Å². The molecule has 0 aliphatic carbocycles. The van der Waals surface area contributed by atoms with Gasteiger partial charge in [-0.05, 0) is 38.2 Å². The molecule has 1 aromatic carbocycles. The van der Waals surface area contributed by atoms with Gasteiger partial charge in [-0.15, -0.1) is 0 Å². The van der Waals surface area contributed by atoms with Crippen LogP contribution in [0.5, 0.6) is 0 Å². The number of nitrogens with one attached hydrogen (secondary N) is 1. The van der Waals surface area contributed by atoms with Crippen molar-refractivity contribution in [3.05, 3.63) is 78.3 Å². The first-order chi connectivity index (χ1) is 19.1. The molecule has 0 spiro atoms. The van der Waals surface area contributed by atoms with E-state index in [2.05, 4.69) is 45.4 Å². The van der Waals surface area contributed by atoms with Crippen LogP contribution in [0.25, 0.3) is 28.0 Å². The summed E-state index contributed by atoms with van der Waals surface area (Å²) in [7, 11) is 0. The summed E-state index contributed by atoms with van der Waals surface area (Å²) in [6, 6.07) is 14.5. The van der Waals surface area contributed by atoms with Crippen LogP contribution < -0.4 is 5.73 Å². The third-order valence-electron chi connectivity index (χ3n) is 8.29. The zero-order valence-electron chi connectivity index (χ0n) is 21.7. The lowest BCUT2D eigenvalue weighted by Gasteiger charge is -2.38. The Hall–Kier alpha value is -4.60. The molecular weight excluding hydrogens is 490 g/mol. The SMILES string of the molecule is CCc1c(C2C[C@H]3CC[C@@H](C2)N3C(=O)c2ncn[nH]2)nc2c(-c3ccc(-c4ccccc4)nc3)cnn2c1N. The molecule has 1 unspecified atom stereocenters. The number of aromatic nitrogens is 7. The molecule has 1 amide bonds. The highest BCUT2D eigenvalue weighted by Crippen LogP contribution is 2.45. The topological polar surface area (TPSA) is 131 Å². The monoisotopic (exact) mass is 519 g/mol. The summed E-state index contributed by atoms with van der Waals surface area (Å²) >= 11 is 0. The number of anilines is 1. The molecule has 2 aliphatic rings. The number of benzene rings is 1. The lowest BCUT2D eigenvalue weighted by Crippen LogP contribution is -2.46. The Morgan fingerprint density at radius 1 is 1.03 bits per heavy atom. The summed E-state index contributed by atoms with van der Waals surface area (Å²) in [4.78, 5) is 29.2. The van der Waals surface area contributed by atoms with Crippen molar-refractivity contribution >= 4 is 17.4 Å². The summed E-state index contributed by atoms with van der Waals surface area (Å²) in [5.41, 5.74) is 13.4. The van der Waals surface area contributed by atoms with Gasteiger partial charge in [-0.2, -0.15) is 14.7 Å². The van der Waals surface area contributed by atoms with Crippen LogP contribution in [0.15, 0.2) is 61.2 Å². The van der Waals surface area contributed by atoms with Crippen molar-refractivity contribution in [1.82, 2.24) is 39.7 Å². The molecule has 2 saturated heterocycles. The van der Waals surface area contributed by atoms with E-state index in [0.717, 1.165) is 71.4 Å². The molecule has 3 N–H and O–H groups in total. The third-order valence-corrected chi connectivity index (χ3v) is 8.29. The van der Waals surface area contributed by atoms with Gasteiger partial charge in [0.25, 0.3) is 5.91 Å². The molecule has 3 atom stereocenters. The van der Waals surface area contributed by atoms with E-state index in [1.165, 1.54) is 6.33 Å². The normalized spacial score (nSPS) is 20.5. The minimum Gasteiger partial charge on any atom is -0.383 e. The second-order valence-corrected chi connectivity index (χ2v) is 10.4. The van der Waals surface area contributed by atoms with E-state index < -0.39 is 0 Å². The van der Waals surface area contributed by atoms with Crippen LogP contribution in [0.2, 0.25) is 0 Å². The molecule has 0 radical (unpaired) electrons. The summed E-state index contributed by atoms with van der Waals surface area (Å²) in [6.07, 6.45) is 9.51. The number of piperidine rings is 1. The van der Waals surface area contributed by atoms with Crippen LogP contribution in [0.1, 0.15) is 60.4 Å². The van der Waals surface area contributed by atoms with E-state index in [9.17, 15) is 4.79 Å². The number of nitrogens with zero attached hydrogens (tertiary/aromatic N) is 7. The van der Waals surface area contributed by atoms with Crippen molar-refractivity contribution in [3.8, 4) is 22.4 Å². The number of carbonyl (C=O) groups is 1. The van der Waals surface area contributed by atoms with Crippen LogP contribution in [-0.2, 0) is 6.42 Å². The molecule has 2 bridgehead atoms. The van der Waals surface area contributed by atoms with Crippen molar-refractivity contribution in [2.75, 3.05) is 5.73 Å². The fourth-order valence-corrected chi connectivity index (χ4v) is 6.47. The number of rotatable bonds is 5. The van der Waals surface area contributed by atoms with Crippen molar-refractivity contribution in [2.45, 2.75) is 57.0 Å². The molecule has 7 rings (SSSR count). The van der Waals surface area contributed by atoms with Gasteiger partial charge in [0.1, 0.15) is 12.1 Å². The lowest BCUT2D eigenvalue weighted by molar-refractivity contribution is 0.0557. The number of hydrogen-bond acceptors (Lipinski definition) is 7. The fourth-order valence-electron chi connectivity index (χ4n) is 6.47. The fraction of sp³-hybridized carbons (Fsp3) is 0.310. The maximum Gasteiger partial charge on any atom is 0.291 e. The van der Waals surface area contributed by atoms with Crippen LogP contribution in [-0.4, -0.2) is 57.7 Å². The molecule has 196 valence electrons. The Bertz CT molecular complexity index is 1630. The Kier molecular flexibility index (Phi) is 5.61. The van der Waals surface area contributed by atoms with E-state index in [1.54, 1.807) is 4.52 Å². The van der Waals surface area contributed by atoms with Crippen LogP contribution >= 0.6 is 0 Å². The average molecular weight is 520 g/mol. The van der Waals surface area contributed by atoms with Crippen molar-refractivity contribution in [2.24, 2.45) is 0 Å². The number of amides is 1. The predicted molar refractivity (Wildman–Crippen MR) is 147 cm³/mol. The number of nitrogens with two attached hydrogens (primary N) is 1. The molecule has 39 heavy (non-hydrogen) atoms. The van der Waals surface area contributed by atoms with Crippen LogP contribution in [0, 0.1) is 0 Å². The lowest BCUT2D eigenvalue weighted by atomic mass is 9.85. The Balaban J connectivity index is 1.24. The van der Waals surface area contributed by atoms with Crippen molar-refractivity contribution in [1.29, 1.82) is 0 Å².